The molecule has 0 spiro atoms. The van der Waals surface area contributed by atoms with Crippen LogP contribution in [0.2, 0.25) is 5.02 Å². The first-order valence-electron chi connectivity index (χ1n) is 3.88. The molecule has 0 amide bonds. The van der Waals surface area contributed by atoms with Gasteiger partial charge >= 0.3 is 0 Å². The van der Waals surface area contributed by atoms with E-state index in [2.05, 4.69) is 11.8 Å². The van der Waals surface area contributed by atoms with Crippen LogP contribution < -0.4 is 0 Å². The summed E-state index contributed by atoms with van der Waals surface area (Å²) in [5, 5.41) is 8.76. The second-order valence-corrected chi connectivity index (χ2v) is 2.90. The highest BCUT2D eigenvalue weighted by Crippen LogP contribution is 2.15. The number of carbonyl (C=O) groups is 1. The van der Waals surface area contributed by atoms with Gasteiger partial charge < -0.3 is 0 Å². The van der Waals surface area contributed by atoms with E-state index in [9.17, 15) is 4.79 Å². The maximum Gasteiger partial charge on any atom is 0.150 e. The SMILES string of the molecule is N#CCC#Cc1cc(C=O)ccc1Cl. The summed E-state index contributed by atoms with van der Waals surface area (Å²) in [4.78, 5) is 10.5. The minimum absolute atomic E-state index is 0.154. The minimum Gasteiger partial charge on any atom is -0.298 e. The van der Waals surface area contributed by atoms with Crippen molar-refractivity contribution in [1.82, 2.24) is 0 Å². The Morgan fingerprint density at radius 2 is 2.29 bits per heavy atom. The highest BCUT2D eigenvalue weighted by Gasteiger charge is 1.97. The summed E-state index contributed by atoms with van der Waals surface area (Å²) in [7, 11) is 0. The normalized spacial score (nSPS) is 8.29. The molecule has 0 fully saturated rings. The van der Waals surface area contributed by atoms with Gasteiger partial charge in [-0.2, -0.15) is 5.26 Å². The number of halogens is 1. The molecule has 0 aliphatic rings. The van der Waals surface area contributed by atoms with Crippen molar-refractivity contribution in [1.29, 1.82) is 5.26 Å². The first-order chi connectivity index (χ1) is 6.77. The average molecular weight is 204 g/mol. The van der Waals surface area contributed by atoms with Crippen LogP contribution in [0.15, 0.2) is 18.2 Å². The third kappa shape index (κ3) is 2.62. The van der Waals surface area contributed by atoms with E-state index in [0.29, 0.717) is 16.1 Å². The van der Waals surface area contributed by atoms with Crippen LogP contribution in [0.4, 0.5) is 0 Å². The highest BCUT2D eigenvalue weighted by atomic mass is 35.5. The molecule has 1 rings (SSSR count). The van der Waals surface area contributed by atoms with Gasteiger partial charge in [0.1, 0.15) is 6.29 Å². The van der Waals surface area contributed by atoms with Crippen molar-refractivity contribution < 1.29 is 4.79 Å². The second-order valence-electron chi connectivity index (χ2n) is 2.49. The Labute approximate surface area is 87.1 Å². The van der Waals surface area contributed by atoms with Crippen LogP contribution in [-0.4, -0.2) is 6.29 Å². The number of rotatable bonds is 1. The molecule has 0 aliphatic carbocycles. The Balaban J connectivity index is 3.03. The lowest BCUT2D eigenvalue weighted by atomic mass is 10.1. The molecule has 14 heavy (non-hydrogen) atoms. The van der Waals surface area contributed by atoms with Gasteiger partial charge in [0.15, 0.2) is 0 Å². The van der Waals surface area contributed by atoms with Gasteiger partial charge in [0.05, 0.1) is 17.5 Å². The van der Waals surface area contributed by atoms with Crippen LogP contribution in [0.5, 0.6) is 0 Å². The highest BCUT2D eigenvalue weighted by molar-refractivity contribution is 6.31. The maximum absolute atomic E-state index is 10.5. The molecule has 0 saturated carbocycles. The summed E-state index contributed by atoms with van der Waals surface area (Å²) in [5.41, 5.74) is 1.10. The van der Waals surface area contributed by atoms with E-state index < -0.39 is 0 Å². The molecule has 2 nitrogen and oxygen atoms in total. The topological polar surface area (TPSA) is 40.9 Å². The number of hydrogen-bond donors (Lipinski definition) is 0. The van der Waals surface area contributed by atoms with Crippen LogP contribution in [0.25, 0.3) is 0 Å². The lowest BCUT2D eigenvalue weighted by molar-refractivity contribution is 0.112. The molecular formula is C11H6ClNO. The largest absolute Gasteiger partial charge is 0.298 e. The average Bonchev–Trinajstić information content (AvgIpc) is 2.21. The fourth-order valence-corrected chi connectivity index (χ4v) is 1.06. The summed E-state index contributed by atoms with van der Waals surface area (Å²) in [6, 6.07) is 6.73. The van der Waals surface area contributed by atoms with Gasteiger partial charge in [-0.15, -0.1) is 0 Å². The Kier molecular flexibility index (Phi) is 3.73. The first-order valence-corrected chi connectivity index (χ1v) is 4.26. The van der Waals surface area contributed by atoms with E-state index >= 15 is 0 Å². The Bertz CT molecular complexity index is 449. The molecule has 0 N–H and O–H groups in total. The molecule has 0 aromatic heterocycles. The number of carbonyl (C=O) groups excluding carboxylic acids is 1. The van der Waals surface area contributed by atoms with Crippen LogP contribution >= 0.6 is 11.6 Å². The van der Waals surface area contributed by atoms with Crippen LogP contribution in [-0.2, 0) is 0 Å². The maximum atomic E-state index is 10.5. The van der Waals surface area contributed by atoms with Crippen LogP contribution in [0.3, 0.4) is 0 Å². The van der Waals surface area contributed by atoms with Crippen LogP contribution in [0.1, 0.15) is 22.3 Å². The van der Waals surface area contributed by atoms with Gasteiger partial charge in [-0.3, -0.25) is 4.79 Å². The quantitative estimate of drug-likeness (QED) is 0.520. The molecule has 0 saturated heterocycles. The molecule has 0 atom stereocenters. The Morgan fingerprint density at radius 1 is 1.50 bits per heavy atom. The van der Waals surface area contributed by atoms with Gasteiger partial charge in [-0.25, -0.2) is 0 Å². The van der Waals surface area contributed by atoms with Gasteiger partial charge in [0, 0.05) is 11.1 Å². The molecule has 0 heterocycles. The van der Waals surface area contributed by atoms with Gasteiger partial charge in [-0.1, -0.05) is 29.5 Å². The van der Waals surface area contributed by atoms with E-state index in [1.807, 2.05) is 6.07 Å². The van der Waals surface area contributed by atoms with Crippen molar-refractivity contribution in [2.45, 2.75) is 6.42 Å². The standard InChI is InChI=1S/C11H6ClNO/c12-11-5-4-9(8-14)7-10(11)3-1-2-6-13/h4-5,7-8H,2H2. The van der Waals surface area contributed by atoms with Gasteiger partial charge in [0.2, 0.25) is 0 Å². The lowest BCUT2D eigenvalue weighted by Crippen LogP contribution is -1.83. The predicted octanol–water partition coefficient (Wildman–Crippen LogP) is 2.42. The molecule has 0 radical (unpaired) electrons. The fourth-order valence-electron chi connectivity index (χ4n) is 0.891. The zero-order valence-electron chi connectivity index (χ0n) is 7.25. The summed E-state index contributed by atoms with van der Waals surface area (Å²) < 4.78 is 0. The van der Waals surface area contributed by atoms with Gasteiger partial charge in [-0.05, 0) is 12.1 Å². The number of nitriles is 1. The second kappa shape index (κ2) is 5.07. The smallest absolute Gasteiger partial charge is 0.150 e. The van der Waals surface area contributed by atoms with Crippen molar-refractivity contribution in [2.75, 3.05) is 0 Å². The minimum atomic E-state index is 0.154. The summed E-state index contributed by atoms with van der Waals surface area (Å²) >= 11 is 5.83. The van der Waals surface area contributed by atoms with E-state index in [-0.39, 0.29) is 6.42 Å². The van der Waals surface area contributed by atoms with E-state index in [0.717, 1.165) is 6.29 Å². The van der Waals surface area contributed by atoms with Crippen molar-refractivity contribution in [3.05, 3.63) is 34.3 Å². The first kappa shape index (κ1) is 10.3. The number of aldehydes is 1. The molecule has 0 aliphatic heterocycles. The van der Waals surface area contributed by atoms with Crippen molar-refractivity contribution in [3.63, 3.8) is 0 Å². The molecule has 3 heteroatoms. The van der Waals surface area contributed by atoms with Crippen LogP contribution in [0, 0.1) is 23.2 Å². The summed E-state index contributed by atoms with van der Waals surface area (Å²) in [6.07, 6.45) is 0.882. The molecule has 0 unspecified atom stereocenters. The molecule has 1 aromatic carbocycles. The number of benzene rings is 1. The van der Waals surface area contributed by atoms with E-state index in [1.165, 1.54) is 0 Å². The van der Waals surface area contributed by atoms with Crippen molar-refractivity contribution in [2.24, 2.45) is 0 Å². The molecule has 0 bridgehead atoms. The molecule has 1 aromatic rings. The number of hydrogen-bond acceptors (Lipinski definition) is 2. The summed E-state index contributed by atoms with van der Waals surface area (Å²) in [6.45, 7) is 0. The fraction of sp³-hybridized carbons (Fsp3) is 0.0909. The zero-order valence-corrected chi connectivity index (χ0v) is 8.01. The van der Waals surface area contributed by atoms with Crippen molar-refractivity contribution >= 4 is 17.9 Å². The summed E-state index contributed by atoms with van der Waals surface area (Å²) in [5.74, 6) is 5.36. The van der Waals surface area contributed by atoms with E-state index in [4.69, 9.17) is 16.9 Å². The predicted molar refractivity (Wildman–Crippen MR) is 53.9 cm³/mol. The van der Waals surface area contributed by atoms with Gasteiger partial charge in [0.25, 0.3) is 0 Å². The monoisotopic (exact) mass is 203 g/mol. The number of nitrogens with zero attached hydrogens (tertiary/aromatic N) is 1. The van der Waals surface area contributed by atoms with Crippen molar-refractivity contribution in [3.8, 4) is 17.9 Å². The Morgan fingerprint density at radius 3 is 2.93 bits per heavy atom. The molecular weight excluding hydrogens is 198 g/mol. The van der Waals surface area contributed by atoms with E-state index in [1.54, 1.807) is 18.2 Å². The third-order valence-electron chi connectivity index (χ3n) is 1.52. The molecule has 68 valence electrons. The lowest BCUT2D eigenvalue weighted by Gasteiger charge is -1.95. The Hall–Kier alpha value is -1.77. The zero-order chi connectivity index (χ0) is 10.4. The third-order valence-corrected chi connectivity index (χ3v) is 1.85.